The molecule has 0 atom stereocenters. The van der Waals surface area contributed by atoms with Crippen LogP contribution in [0.3, 0.4) is 0 Å². The molecule has 3 rings (SSSR count). The van der Waals surface area contributed by atoms with Crippen molar-refractivity contribution in [3.8, 4) is 17.5 Å². The Labute approximate surface area is 97.0 Å². The molecule has 5 heteroatoms. The third-order valence-electron chi connectivity index (χ3n) is 2.40. The topological polar surface area (TPSA) is 66.9 Å². The van der Waals surface area contributed by atoms with Gasteiger partial charge in [0.15, 0.2) is 11.5 Å². The zero-order valence-electron chi connectivity index (χ0n) is 8.78. The summed E-state index contributed by atoms with van der Waals surface area (Å²) >= 11 is 0. The van der Waals surface area contributed by atoms with Crippen molar-refractivity contribution in [2.24, 2.45) is 0 Å². The van der Waals surface area contributed by atoms with Gasteiger partial charge in [0, 0.05) is 24.2 Å². The average molecular weight is 221 g/mol. The van der Waals surface area contributed by atoms with E-state index >= 15 is 0 Å². The summed E-state index contributed by atoms with van der Waals surface area (Å²) in [7, 11) is 0. The number of hydrogen-bond donors (Lipinski definition) is 0. The molecule has 3 aromatic heterocycles. The van der Waals surface area contributed by atoms with Gasteiger partial charge in [0.1, 0.15) is 6.07 Å². The summed E-state index contributed by atoms with van der Waals surface area (Å²) in [4.78, 5) is 8.36. The molecule has 0 aromatic carbocycles. The molecule has 3 aromatic rings. The van der Waals surface area contributed by atoms with E-state index in [0.717, 1.165) is 5.56 Å². The van der Waals surface area contributed by atoms with Crippen molar-refractivity contribution in [2.45, 2.75) is 0 Å². The van der Waals surface area contributed by atoms with E-state index in [4.69, 9.17) is 5.26 Å². The predicted molar refractivity (Wildman–Crippen MR) is 60.9 cm³/mol. The Balaban J connectivity index is 2.25. The summed E-state index contributed by atoms with van der Waals surface area (Å²) in [6, 6.07) is 9.29. The molecule has 80 valence electrons. The minimum atomic E-state index is 0.509. The van der Waals surface area contributed by atoms with Crippen molar-refractivity contribution < 1.29 is 0 Å². The minimum Gasteiger partial charge on any atom is -0.264 e. The van der Waals surface area contributed by atoms with Crippen LogP contribution in [-0.2, 0) is 0 Å². The van der Waals surface area contributed by atoms with Crippen LogP contribution in [0.1, 0.15) is 5.56 Å². The van der Waals surface area contributed by atoms with Crippen LogP contribution in [0.5, 0.6) is 0 Å². The smallest absolute Gasteiger partial charge is 0.183 e. The Hall–Kier alpha value is -2.74. The number of nitrogens with zero attached hydrogens (tertiary/aromatic N) is 5. The summed E-state index contributed by atoms with van der Waals surface area (Å²) < 4.78 is 1.60. The second kappa shape index (κ2) is 3.68. The molecule has 5 nitrogen and oxygen atoms in total. The SMILES string of the molecule is N#Cc1cccn2nc(-c3cccnc3)nc12. The average Bonchev–Trinajstić information content (AvgIpc) is 2.83. The third-order valence-corrected chi connectivity index (χ3v) is 2.40. The van der Waals surface area contributed by atoms with Gasteiger partial charge >= 0.3 is 0 Å². The molecule has 0 aliphatic rings. The normalized spacial score (nSPS) is 10.3. The maximum absolute atomic E-state index is 8.97. The van der Waals surface area contributed by atoms with E-state index in [1.807, 2.05) is 12.1 Å². The highest BCUT2D eigenvalue weighted by Crippen LogP contribution is 2.16. The number of pyridine rings is 2. The quantitative estimate of drug-likeness (QED) is 0.626. The Morgan fingerprint density at radius 1 is 1.24 bits per heavy atom. The molecular formula is C12H7N5. The van der Waals surface area contributed by atoms with Crippen LogP contribution in [-0.4, -0.2) is 19.6 Å². The highest BCUT2D eigenvalue weighted by atomic mass is 15.3. The van der Waals surface area contributed by atoms with Gasteiger partial charge in [-0.1, -0.05) is 0 Å². The first kappa shape index (κ1) is 9.48. The van der Waals surface area contributed by atoms with Gasteiger partial charge in [0.2, 0.25) is 0 Å². The summed E-state index contributed by atoms with van der Waals surface area (Å²) in [5.74, 6) is 0.570. The van der Waals surface area contributed by atoms with E-state index in [2.05, 4.69) is 21.1 Å². The van der Waals surface area contributed by atoms with E-state index in [1.165, 1.54) is 0 Å². The Bertz CT molecular complexity index is 709. The third kappa shape index (κ3) is 1.52. The molecular weight excluding hydrogens is 214 g/mol. The van der Waals surface area contributed by atoms with E-state index in [1.54, 1.807) is 35.2 Å². The fourth-order valence-electron chi connectivity index (χ4n) is 1.61. The van der Waals surface area contributed by atoms with E-state index in [9.17, 15) is 0 Å². The first-order chi connectivity index (χ1) is 8.38. The maximum atomic E-state index is 8.97. The Morgan fingerprint density at radius 3 is 2.94 bits per heavy atom. The van der Waals surface area contributed by atoms with Crippen LogP contribution >= 0.6 is 0 Å². The van der Waals surface area contributed by atoms with Crippen LogP contribution in [0.4, 0.5) is 0 Å². The minimum absolute atomic E-state index is 0.509. The number of nitriles is 1. The lowest BCUT2D eigenvalue weighted by molar-refractivity contribution is 0.963. The van der Waals surface area contributed by atoms with Gasteiger partial charge in [-0.3, -0.25) is 4.98 Å². The van der Waals surface area contributed by atoms with Crippen LogP contribution in [0.25, 0.3) is 17.0 Å². The molecule has 0 spiro atoms. The van der Waals surface area contributed by atoms with Crippen molar-refractivity contribution in [3.05, 3.63) is 48.4 Å². The molecule has 0 N–H and O–H groups in total. The van der Waals surface area contributed by atoms with Crippen molar-refractivity contribution in [2.75, 3.05) is 0 Å². The zero-order chi connectivity index (χ0) is 11.7. The lowest BCUT2D eigenvalue weighted by Gasteiger charge is -1.90. The molecule has 0 bridgehead atoms. The molecule has 0 saturated heterocycles. The molecule has 0 aliphatic heterocycles. The van der Waals surface area contributed by atoms with Crippen molar-refractivity contribution in [3.63, 3.8) is 0 Å². The number of rotatable bonds is 1. The van der Waals surface area contributed by atoms with Crippen LogP contribution in [0, 0.1) is 11.3 Å². The molecule has 0 amide bonds. The standard InChI is InChI=1S/C12H7N5/c13-7-9-4-2-6-17-12(9)15-11(16-17)10-3-1-5-14-8-10/h1-6,8H. The maximum Gasteiger partial charge on any atom is 0.183 e. The van der Waals surface area contributed by atoms with Gasteiger partial charge in [-0.25, -0.2) is 9.50 Å². The van der Waals surface area contributed by atoms with Gasteiger partial charge in [-0.05, 0) is 24.3 Å². The number of aromatic nitrogens is 4. The lowest BCUT2D eigenvalue weighted by Crippen LogP contribution is -1.88. The fraction of sp³-hybridized carbons (Fsp3) is 0. The fourth-order valence-corrected chi connectivity index (χ4v) is 1.61. The summed E-state index contributed by atoms with van der Waals surface area (Å²) in [6.07, 6.45) is 5.16. The first-order valence-corrected chi connectivity index (χ1v) is 5.04. The second-order valence-corrected chi connectivity index (χ2v) is 3.48. The lowest BCUT2D eigenvalue weighted by atomic mass is 10.3. The van der Waals surface area contributed by atoms with Gasteiger partial charge in [0.25, 0.3) is 0 Å². The van der Waals surface area contributed by atoms with Gasteiger partial charge in [-0.15, -0.1) is 5.10 Å². The van der Waals surface area contributed by atoms with Crippen molar-refractivity contribution >= 4 is 5.65 Å². The van der Waals surface area contributed by atoms with Crippen LogP contribution in [0.2, 0.25) is 0 Å². The van der Waals surface area contributed by atoms with Gasteiger partial charge in [0.05, 0.1) is 5.56 Å². The molecule has 0 fully saturated rings. The molecule has 3 heterocycles. The van der Waals surface area contributed by atoms with Gasteiger partial charge in [-0.2, -0.15) is 5.26 Å². The van der Waals surface area contributed by atoms with Crippen LogP contribution < -0.4 is 0 Å². The Morgan fingerprint density at radius 2 is 2.18 bits per heavy atom. The highest BCUT2D eigenvalue weighted by Gasteiger charge is 2.08. The summed E-state index contributed by atoms with van der Waals surface area (Å²) in [6.45, 7) is 0. The second-order valence-electron chi connectivity index (χ2n) is 3.48. The summed E-state index contributed by atoms with van der Waals surface area (Å²) in [5.41, 5.74) is 1.91. The molecule has 0 unspecified atom stereocenters. The van der Waals surface area contributed by atoms with Crippen molar-refractivity contribution in [1.82, 2.24) is 19.6 Å². The molecule has 0 aliphatic carbocycles. The molecule has 0 saturated carbocycles. The monoisotopic (exact) mass is 221 g/mol. The van der Waals surface area contributed by atoms with Gasteiger partial charge < -0.3 is 0 Å². The predicted octanol–water partition coefficient (Wildman–Crippen LogP) is 1.66. The van der Waals surface area contributed by atoms with Crippen LogP contribution in [0.15, 0.2) is 42.9 Å². The number of fused-ring (bicyclic) bond motifs is 1. The van der Waals surface area contributed by atoms with Crippen molar-refractivity contribution in [1.29, 1.82) is 5.26 Å². The highest BCUT2D eigenvalue weighted by molar-refractivity contribution is 5.61. The summed E-state index contributed by atoms with van der Waals surface area (Å²) in [5, 5.41) is 13.3. The zero-order valence-corrected chi connectivity index (χ0v) is 8.78. The van der Waals surface area contributed by atoms with E-state index in [0.29, 0.717) is 17.0 Å². The number of hydrogen-bond acceptors (Lipinski definition) is 4. The largest absolute Gasteiger partial charge is 0.264 e. The van der Waals surface area contributed by atoms with E-state index in [-0.39, 0.29) is 0 Å². The van der Waals surface area contributed by atoms with E-state index < -0.39 is 0 Å². The molecule has 17 heavy (non-hydrogen) atoms. The first-order valence-electron chi connectivity index (χ1n) is 5.04. The molecule has 0 radical (unpaired) electrons. The Kier molecular flexibility index (Phi) is 2.06.